The summed E-state index contributed by atoms with van der Waals surface area (Å²) in [5, 5.41) is 6.40. The van der Waals surface area contributed by atoms with Crippen molar-refractivity contribution in [3.05, 3.63) is 64.1 Å². The molecule has 2 amide bonds. The highest BCUT2D eigenvalue weighted by molar-refractivity contribution is 9.10. The number of unbranched alkanes of at least 4 members (excludes halogenated alkanes) is 1. The van der Waals surface area contributed by atoms with Gasteiger partial charge in [-0.2, -0.15) is 5.10 Å². The van der Waals surface area contributed by atoms with Crippen LogP contribution in [0.1, 0.15) is 30.9 Å². The monoisotopic (exact) mass is 431 g/mol. The maximum Gasteiger partial charge on any atom is 0.329 e. The molecule has 0 aliphatic heterocycles. The van der Waals surface area contributed by atoms with Crippen LogP contribution in [0.5, 0.6) is 5.75 Å². The van der Waals surface area contributed by atoms with Crippen molar-refractivity contribution in [2.75, 3.05) is 6.54 Å². The van der Waals surface area contributed by atoms with Gasteiger partial charge < -0.3 is 10.1 Å². The lowest BCUT2D eigenvalue weighted by Gasteiger charge is -2.09. The average molecular weight is 432 g/mol. The Morgan fingerprint density at radius 3 is 2.67 bits per heavy atom. The minimum Gasteiger partial charge on any atom is -0.488 e. The fraction of sp³-hybridized carbons (Fsp3) is 0.250. The first-order valence-electron chi connectivity index (χ1n) is 8.67. The van der Waals surface area contributed by atoms with Gasteiger partial charge in [-0.3, -0.25) is 9.59 Å². The number of carbonyl (C=O) groups is 2. The quantitative estimate of drug-likeness (QED) is 0.291. The number of benzene rings is 2. The first-order chi connectivity index (χ1) is 13.1. The third kappa shape index (κ3) is 7.22. The second-order valence-electron chi connectivity index (χ2n) is 5.77. The van der Waals surface area contributed by atoms with Crippen molar-refractivity contribution in [3.8, 4) is 5.75 Å². The van der Waals surface area contributed by atoms with Crippen molar-refractivity contribution in [2.24, 2.45) is 5.10 Å². The third-order valence-corrected chi connectivity index (χ3v) is 4.09. The van der Waals surface area contributed by atoms with Crippen molar-refractivity contribution in [1.82, 2.24) is 10.7 Å². The molecule has 0 unspecified atom stereocenters. The van der Waals surface area contributed by atoms with Gasteiger partial charge in [-0.15, -0.1) is 0 Å². The van der Waals surface area contributed by atoms with E-state index in [2.05, 4.69) is 31.8 Å². The summed E-state index contributed by atoms with van der Waals surface area (Å²) in [6.45, 7) is 2.89. The molecular weight excluding hydrogens is 410 g/mol. The minimum atomic E-state index is -0.802. The van der Waals surface area contributed by atoms with Crippen molar-refractivity contribution in [1.29, 1.82) is 0 Å². The minimum absolute atomic E-state index is 0.412. The molecule has 0 aromatic heterocycles. The van der Waals surface area contributed by atoms with Crippen LogP contribution in [-0.2, 0) is 16.2 Å². The van der Waals surface area contributed by atoms with Crippen LogP contribution in [0.15, 0.2) is 58.1 Å². The van der Waals surface area contributed by atoms with Crippen LogP contribution in [0.2, 0.25) is 0 Å². The molecule has 2 N–H and O–H groups in total. The SMILES string of the molecule is CCCCNC(=O)C(=O)N/N=C\c1cc(Br)ccc1OCc1ccccc1. The first kappa shape index (κ1) is 20.6. The average Bonchev–Trinajstić information content (AvgIpc) is 2.68. The highest BCUT2D eigenvalue weighted by Gasteiger charge is 2.11. The summed E-state index contributed by atoms with van der Waals surface area (Å²) < 4.78 is 6.69. The maximum absolute atomic E-state index is 11.7. The van der Waals surface area contributed by atoms with E-state index in [0.717, 1.165) is 22.9 Å². The van der Waals surface area contributed by atoms with E-state index in [-0.39, 0.29) is 0 Å². The fourth-order valence-corrected chi connectivity index (χ4v) is 2.54. The number of halogens is 1. The molecule has 2 rings (SSSR count). The Kier molecular flexibility index (Phi) is 8.51. The zero-order chi connectivity index (χ0) is 19.5. The molecule has 142 valence electrons. The molecule has 2 aromatic carbocycles. The van der Waals surface area contributed by atoms with Crippen LogP contribution in [0, 0.1) is 0 Å². The second kappa shape index (κ2) is 11.1. The summed E-state index contributed by atoms with van der Waals surface area (Å²) in [6, 6.07) is 15.3. The Hall–Kier alpha value is -2.67. The van der Waals surface area contributed by atoms with Gasteiger partial charge in [0.25, 0.3) is 0 Å². The third-order valence-electron chi connectivity index (χ3n) is 3.60. The van der Waals surface area contributed by atoms with E-state index in [4.69, 9.17) is 4.74 Å². The van der Waals surface area contributed by atoms with Gasteiger partial charge in [-0.05, 0) is 30.2 Å². The van der Waals surface area contributed by atoms with E-state index in [1.807, 2.05) is 55.5 Å². The number of nitrogens with zero attached hydrogens (tertiary/aromatic N) is 1. The second-order valence-corrected chi connectivity index (χ2v) is 6.68. The summed E-state index contributed by atoms with van der Waals surface area (Å²) in [4.78, 5) is 23.3. The predicted molar refractivity (Wildman–Crippen MR) is 109 cm³/mol. The summed E-state index contributed by atoms with van der Waals surface area (Å²) in [5.74, 6) is -0.882. The number of carbonyl (C=O) groups excluding carboxylic acids is 2. The van der Waals surface area contributed by atoms with Crippen molar-refractivity contribution in [2.45, 2.75) is 26.4 Å². The molecule has 0 heterocycles. The number of hydrazone groups is 1. The molecule has 0 fully saturated rings. The van der Waals surface area contributed by atoms with E-state index >= 15 is 0 Å². The van der Waals surface area contributed by atoms with Crippen molar-refractivity contribution in [3.63, 3.8) is 0 Å². The topological polar surface area (TPSA) is 79.8 Å². The van der Waals surface area contributed by atoms with Crippen LogP contribution in [-0.4, -0.2) is 24.6 Å². The number of rotatable bonds is 8. The number of ether oxygens (including phenoxy) is 1. The summed E-state index contributed by atoms with van der Waals surface area (Å²) in [6.07, 6.45) is 3.21. The van der Waals surface area contributed by atoms with E-state index < -0.39 is 11.8 Å². The Bertz CT molecular complexity index is 794. The lowest BCUT2D eigenvalue weighted by molar-refractivity contribution is -0.139. The molecular formula is C20H22BrN3O3. The molecule has 6 nitrogen and oxygen atoms in total. The van der Waals surface area contributed by atoms with Crippen LogP contribution < -0.4 is 15.5 Å². The van der Waals surface area contributed by atoms with Crippen LogP contribution in [0.25, 0.3) is 0 Å². The van der Waals surface area contributed by atoms with Crippen molar-refractivity contribution < 1.29 is 14.3 Å². The van der Waals surface area contributed by atoms with Gasteiger partial charge in [-0.1, -0.05) is 59.6 Å². The largest absolute Gasteiger partial charge is 0.488 e. The molecule has 0 atom stereocenters. The molecule has 7 heteroatoms. The number of amides is 2. The van der Waals surface area contributed by atoms with Gasteiger partial charge in [0.15, 0.2) is 0 Å². The van der Waals surface area contributed by atoms with E-state index in [0.29, 0.717) is 24.5 Å². The Morgan fingerprint density at radius 2 is 1.93 bits per heavy atom. The molecule has 0 radical (unpaired) electrons. The first-order valence-corrected chi connectivity index (χ1v) is 9.47. The molecule has 0 saturated heterocycles. The van der Waals surface area contributed by atoms with Gasteiger partial charge in [0.1, 0.15) is 12.4 Å². The summed E-state index contributed by atoms with van der Waals surface area (Å²) in [5.41, 5.74) is 3.94. The van der Waals surface area contributed by atoms with Gasteiger partial charge in [-0.25, -0.2) is 5.43 Å². The smallest absolute Gasteiger partial charge is 0.329 e. The van der Waals surface area contributed by atoms with Gasteiger partial charge >= 0.3 is 11.8 Å². The lowest BCUT2D eigenvalue weighted by Crippen LogP contribution is -2.38. The van der Waals surface area contributed by atoms with E-state index in [1.165, 1.54) is 6.21 Å². The fourth-order valence-electron chi connectivity index (χ4n) is 2.16. The van der Waals surface area contributed by atoms with Crippen LogP contribution in [0.3, 0.4) is 0 Å². The van der Waals surface area contributed by atoms with Crippen LogP contribution in [0.4, 0.5) is 0 Å². The Morgan fingerprint density at radius 1 is 1.15 bits per heavy atom. The highest BCUT2D eigenvalue weighted by Crippen LogP contribution is 2.22. The molecule has 0 aliphatic rings. The number of hydrogen-bond acceptors (Lipinski definition) is 4. The zero-order valence-corrected chi connectivity index (χ0v) is 16.7. The van der Waals surface area contributed by atoms with Gasteiger partial charge in [0.2, 0.25) is 0 Å². The highest BCUT2D eigenvalue weighted by atomic mass is 79.9. The Balaban J connectivity index is 1.96. The van der Waals surface area contributed by atoms with Gasteiger partial charge in [0.05, 0.1) is 6.21 Å². The molecule has 0 bridgehead atoms. The van der Waals surface area contributed by atoms with E-state index in [1.54, 1.807) is 0 Å². The maximum atomic E-state index is 11.7. The molecule has 0 spiro atoms. The molecule has 27 heavy (non-hydrogen) atoms. The molecule has 0 saturated carbocycles. The summed E-state index contributed by atoms with van der Waals surface area (Å²) >= 11 is 3.40. The predicted octanol–water partition coefficient (Wildman–Crippen LogP) is 3.39. The normalized spacial score (nSPS) is 10.6. The van der Waals surface area contributed by atoms with Gasteiger partial charge in [0, 0.05) is 16.6 Å². The molecule has 0 aliphatic carbocycles. The van der Waals surface area contributed by atoms with Crippen molar-refractivity contribution >= 4 is 34.0 Å². The zero-order valence-electron chi connectivity index (χ0n) is 15.1. The van der Waals surface area contributed by atoms with E-state index in [9.17, 15) is 9.59 Å². The Labute approximate surface area is 167 Å². The molecule has 2 aromatic rings. The number of nitrogens with one attached hydrogen (secondary N) is 2. The standard InChI is InChI=1S/C20H22BrN3O3/c1-2-3-11-22-19(25)20(26)24-23-13-16-12-17(21)9-10-18(16)27-14-15-7-5-4-6-8-15/h4-10,12-13H,2-3,11,14H2,1H3,(H,22,25)(H,24,26)/b23-13-. The number of hydrogen-bond donors (Lipinski definition) is 2. The van der Waals surface area contributed by atoms with Crippen LogP contribution >= 0.6 is 15.9 Å². The lowest BCUT2D eigenvalue weighted by atomic mass is 10.2. The summed E-state index contributed by atoms with van der Waals surface area (Å²) in [7, 11) is 0.